The minimum absolute atomic E-state index is 0.0159. The molecule has 4 nitrogen and oxygen atoms in total. The molecule has 132 valence electrons. The van der Waals surface area contributed by atoms with Gasteiger partial charge in [0.25, 0.3) is 0 Å². The fourth-order valence-corrected chi connectivity index (χ4v) is 3.21. The summed E-state index contributed by atoms with van der Waals surface area (Å²) in [4.78, 5) is 15.8. The normalized spacial score (nSPS) is 13.5. The van der Waals surface area contributed by atoms with Crippen LogP contribution in [0.4, 0.5) is 4.79 Å². The fraction of sp³-hybridized carbons (Fsp3) is 0.350. The van der Waals surface area contributed by atoms with Crippen molar-refractivity contribution in [2.75, 3.05) is 6.26 Å². The summed E-state index contributed by atoms with van der Waals surface area (Å²) in [5.74, 6) is 0. The summed E-state index contributed by atoms with van der Waals surface area (Å²) in [6, 6.07) is 16.4. The number of amides is 2. The van der Waals surface area contributed by atoms with Crippen LogP contribution in [0.5, 0.6) is 0 Å². The molecule has 0 saturated heterocycles. The first-order valence-electron chi connectivity index (χ1n) is 8.55. The second kappa shape index (κ2) is 8.41. The van der Waals surface area contributed by atoms with Gasteiger partial charge >= 0.3 is 6.03 Å². The van der Waals surface area contributed by atoms with Gasteiger partial charge in [0, 0.05) is 24.0 Å². The Bertz CT molecular complexity index is 714. The summed E-state index contributed by atoms with van der Waals surface area (Å²) < 4.78 is 0. The van der Waals surface area contributed by atoms with Crippen molar-refractivity contribution in [1.29, 1.82) is 0 Å². The van der Waals surface area contributed by atoms with Crippen LogP contribution in [0.2, 0.25) is 0 Å². The van der Waals surface area contributed by atoms with Gasteiger partial charge in [0.1, 0.15) is 0 Å². The van der Waals surface area contributed by atoms with Crippen molar-refractivity contribution in [3.63, 3.8) is 0 Å². The highest BCUT2D eigenvalue weighted by Crippen LogP contribution is 2.28. The fourth-order valence-electron chi connectivity index (χ4n) is 2.80. The second-order valence-corrected chi connectivity index (χ2v) is 7.22. The minimum atomic E-state index is -0.0224. The highest BCUT2D eigenvalue weighted by atomic mass is 32.2. The van der Waals surface area contributed by atoms with E-state index in [0.29, 0.717) is 19.1 Å². The van der Waals surface area contributed by atoms with Gasteiger partial charge in [-0.15, -0.1) is 11.8 Å². The number of carbonyl (C=O) groups excluding carboxylic acids is 1. The van der Waals surface area contributed by atoms with Gasteiger partial charge in [0.05, 0.1) is 6.61 Å². The standard InChI is InChI=1S/C20H24N2O2S/c1-25-19-9-5-15(6-10-19)13-22(18-7-8-18)20(24)21-12-16-3-2-4-17(11-16)14-23/h2-6,9-11,18,23H,7-8,12-14H2,1H3,(H,21,24). The van der Waals surface area contributed by atoms with Crippen LogP contribution in [-0.2, 0) is 19.7 Å². The number of nitrogens with one attached hydrogen (secondary N) is 1. The first-order valence-corrected chi connectivity index (χ1v) is 9.78. The Morgan fingerprint density at radius 3 is 2.52 bits per heavy atom. The molecule has 2 amide bonds. The van der Waals surface area contributed by atoms with E-state index in [1.807, 2.05) is 29.2 Å². The van der Waals surface area contributed by atoms with E-state index in [-0.39, 0.29) is 12.6 Å². The number of carbonyl (C=O) groups is 1. The lowest BCUT2D eigenvalue weighted by molar-refractivity contribution is 0.191. The van der Waals surface area contributed by atoms with Crippen molar-refractivity contribution in [2.45, 2.75) is 43.5 Å². The molecule has 0 unspecified atom stereocenters. The first kappa shape index (κ1) is 17.8. The highest BCUT2D eigenvalue weighted by molar-refractivity contribution is 7.98. The molecule has 1 saturated carbocycles. The monoisotopic (exact) mass is 356 g/mol. The minimum Gasteiger partial charge on any atom is -0.392 e. The van der Waals surface area contributed by atoms with Gasteiger partial charge in [-0.2, -0.15) is 0 Å². The number of rotatable bonds is 7. The Balaban J connectivity index is 1.60. The molecule has 0 heterocycles. The smallest absolute Gasteiger partial charge is 0.318 e. The highest BCUT2D eigenvalue weighted by Gasteiger charge is 2.32. The number of hydrogen-bond donors (Lipinski definition) is 2. The van der Waals surface area contributed by atoms with Crippen LogP contribution in [0, 0.1) is 0 Å². The predicted octanol–water partition coefficient (Wildman–Crippen LogP) is 3.78. The van der Waals surface area contributed by atoms with E-state index < -0.39 is 0 Å². The number of aliphatic hydroxyl groups excluding tert-OH is 1. The molecule has 3 rings (SSSR count). The molecule has 0 radical (unpaired) electrons. The van der Waals surface area contributed by atoms with Crippen LogP contribution in [0.15, 0.2) is 53.4 Å². The zero-order valence-corrected chi connectivity index (χ0v) is 15.3. The summed E-state index contributed by atoms with van der Waals surface area (Å²) in [5, 5.41) is 12.2. The Morgan fingerprint density at radius 1 is 1.16 bits per heavy atom. The summed E-state index contributed by atoms with van der Waals surface area (Å²) in [6.45, 7) is 1.13. The maximum Gasteiger partial charge on any atom is 0.318 e. The summed E-state index contributed by atoms with van der Waals surface area (Å²) in [6.07, 6.45) is 4.22. The van der Waals surface area contributed by atoms with Gasteiger partial charge in [0.2, 0.25) is 0 Å². The van der Waals surface area contributed by atoms with E-state index in [9.17, 15) is 9.90 Å². The molecule has 2 N–H and O–H groups in total. The number of hydrogen-bond acceptors (Lipinski definition) is 3. The molecule has 1 fully saturated rings. The molecular weight excluding hydrogens is 332 g/mol. The van der Waals surface area contributed by atoms with E-state index in [1.54, 1.807) is 11.8 Å². The van der Waals surface area contributed by atoms with Crippen molar-refractivity contribution in [3.8, 4) is 0 Å². The molecule has 0 spiro atoms. The molecule has 0 aromatic heterocycles. The van der Waals surface area contributed by atoms with E-state index in [0.717, 1.165) is 29.5 Å². The number of nitrogens with zero attached hydrogens (tertiary/aromatic N) is 1. The van der Waals surface area contributed by atoms with E-state index in [1.165, 1.54) is 4.90 Å². The van der Waals surface area contributed by atoms with E-state index in [2.05, 4.69) is 35.8 Å². The summed E-state index contributed by atoms with van der Waals surface area (Å²) >= 11 is 1.72. The number of urea groups is 1. The predicted molar refractivity (Wildman–Crippen MR) is 101 cm³/mol. The third-order valence-electron chi connectivity index (χ3n) is 4.38. The molecule has 1 aliphatic rings. The van der Waals surface area contributed by atoms with Crippen LogP contribution in [0.3, 0.4) is 0 Å². The molecule has 2 aromatic rings. The zero-order valence-electron chi connectivity index (χ0n) is 14.4. The molecule has 5 heteroatoms. The van der Waals surface area contributed by atoms with Crippen molar-refractivity contribution in [1.82, 2.24) is 10.2 Å². The quantitative estimate of drug-likeness (QED) is 0.743. The molecule has 25 heavy (non-hydrogen) atoms. The Hall–Kier alpha value is -1.98. The molecule has 1 aliphatic carbocycles. The van der Waals surface area contributed by atoms with Crippen molar-refractivity contribution >= 4 is 17.8 Å². The lowest BCUT2D eigenvalue weighted by Gasteiger charge is -2.23. The number of aliphatic hydroxyl groups is 1. The molecule has 0 bridgehead atoms. The van der Waals surface area contributed by atoms with Crippen molar-refractivity contribution in [3.05, 3.63) is 65.2 Å². The lowest BCUT2D eigenvalue weighted by atomic mass is 10.1. The van der Waals surface area contributed by atoms with Gasteiger partial charge in [-0.25, -0.2) is 4.79 Å². The lowest BCUT2D eigenvalue weighted by Crippen LogP contribution is -2.40. The van der Waals surface area contributed by atoms with E-state index >= 15 is 0 Å². The third-order valence-corrected chi connectivity index (χ3v) is 5.12. The van der Waals surface area contributed by atoms with E-state index in [4.69, 9.17) is 0 Å². The first-order chi connectivity index (χ1) is 12.2. The summed E-state index contributed by atoms with van der Waals surface area (Å²) in [5.41, 5.74) is 3.02. The molecule has 0 aliphatic heterocycles. The maximum atomic E-state index is 12.6. The van der Waals surface area contributed by atoms with Gasteiger partial charge in [-0.05, 0) is 47.9 Å². The third kappa shape index (κ3) is 5.00. The van der Waals surface area contributed by atoms with Crippen LogP contribution in [-0.4, -0.2) is 28.3 Å². The van der Waals surface area contributed by atoms with Gasteiger partial charge < -0.3 is 15.3 Å². The van der Waals surface area contributed by atoms with Crippen LogP contribution in [0.25, 0.3) is 0 Å². The Morgan fingerprint density at radius 2 is 1.88 bits per heavy atom. The molecule has 2 aromatic carbocycles. The average Bonchev–Trinajstić information content (AvgIpc) is 3.50. The SMILES string of the molecule is CSc1ccc(CN(C(=O)NCc2cccc(CO)c2)C2CC2)cc1. The zero-order chi connectivity index (χ0) is 17.6. The second-order valence-electron chi connectivity index (χ2n) is 6.34. The van der Waals surface area contributed by atoms with Crippen LogP contribution < -0.4 is 5.32 Å². The van der Waals surface area contributed by atoms with Gasteiger partial charge in [-0.3, -0.25) is 0 Å². The maximum absolute atomic E-state index is 12.6. The summed E-state index contributed by atoms with van der Waals surface area (Å²) in [7, 11) is 0. The van der Waals surface area contributed by atoms with Gasteiger partial charge in [0.15, 0.2) is 0 Å². The number of thioether (sulfide) groups is 1. The van der Waals surface area contributed by atoms with Crippen LogP contribution in [0.1, 0.15) is 29.5 Å². The molecular formula is C20H24N2O2S. The topological polar surface area (TPSA) is 52.6 Å². The van der Waals surface area contributed by atoms with Crippen LogP contribution >= 0.6 is 11.8 Å². The average molecular weight is 356 g/mol. The largest absolute Gasteiger partial charge is 0.392 e. The Kier molecular flexibility index (Phi) is 6.00. The number of benzene rings is 2. The van der Waals surface area contributed by atoms with Crippen molar-refractivity contribution < 1.29 is 9.90 Å². The van der Waals surface area contributed by atoms with Gasteiger partial charge in [-0.1, -0.05) is 36.4 Å². The van der Waals surface area contributed by atoms with Crippen molar-refractivity contribution in [2.24, 2.45) is 0 Å². The Labute approximate surface area is 153 Å². The molecule has 0 atom stereocenters.